The van der Waals surface area contributed by atoms with Crippen molar-refractivity contribution in [2.45, 2.75) is 0 Å². The Labute approximate surface area is 81.4 Å². The molecule has 14 heavy (non-hydrogen) atoms. The summed E-state index contributed by atoms with van der Waals surface area (Å²) < 4.78 is 5.26. The highest BCUT2D eigenvalue weighted by Crippen LogP contribution is 2.26. The van der Waals surface area contributed by atoms with Crippen LogP contribution in [0.3, 0.4) is 0 Å². The molecule has 1 aromatic carbocycles. The van der Waals surface area contributed by atoms with Gasteiger partial charge in [-0.05, 0) is 0 Å². The highest BCUT2D eigenvalue weighted by atomic mass is 16.3. The first-order chi connectivity index (χ1) is 6.81. The quantitative estimate of drug-likeness (QED) is 0.740. The molecule has 0 aliphatic carbocycles. The van der Waals surface area contributed by atoms with Crippen LogP contribution in [0.5, 0.6) is 0 Å². The molecule has 0 spiro atoms. The van der Waals surface area contributed by atoms with E-state index in [1.54, 1.807) is 6.07 Å². The third kappa shape index (κ3) is 1.34. The van der Waals surface area contributed by atoms with E-state index in [0.717, 1.165) is 5.56 Å². The Morgan fingerprint density at radius 1 is 1.21 bits per heavy atom. The van der Waals surface area contributed by atoms with E-state index < -0.39 is 0 Å². The molecule has 68 valence electrons. The fraction of sp³-hybridized carbons (Fsp3) is 0. The van der Waals surface area contributed by atoms with Crippen molar-refractivity contribution in [3.63, 3.8) is 0 Å². The summed E-state index contributed by atoms with van der Waals surface area (Å²) in [5.74, 6) is 0.795. The number of benzene rings is 1. The number of nitrogens with zero attached hydrogens (tertiary/aromatic N) is 1. The minimum atomic E-state index is 0.170. The number of hydrogen-bond acceptors (Lipinski definition) is 3. The summed E-state index contributed by atoms with van der Waals surface area (Å²) in [5, 5.41) is 8.65. The standard InChI is InChI=1S/C11H8N2O/c12-7-11-9(13)6-10(14-11)8-4-2-1-3-5-8/h1-6H,13H2. The smallest absolute Gasteiger partial charge is 0.226 e. The van der Waals surface area contributed by atoms with Crippen molar-refractivity contribution in [3.05, 3.63) is 42.2 Å². The van der Waals surface area contributed by atoms with Crippen molar-refractivity contribution >= 4 is 5.69 Å². The second-order valence-electron chi connectivity index (χ2n) is 2.87. The lowest BCUT2D eigenvalue weighted by atomic mass is 10.2. The van der Waals surface area contributed by atoms with Crippen LogP contribution in [0.25, 0.3) is 11.3 Å². The van der Waals surface area contributed by atoms with Gasteiger partial charge in [0.25, 0.3) is 0 Å². The number of nitrogen functional groups attached to an aromatic ring is 1. The Bertz CT molecular complexity index is 480. The molecule has 1 heterocycles. The average molecular weight is 184 g/mol. The van der Waals surface area contributed by atoms with Crippen molar-refractivity contribution in [1.82, 2.24) is 0 Å². The van der Waals surface area contributed by atoms with E-state index in [0.29, 0.717) is 11.4 Å². The molecule has 0 aliphatic heterocycles. The van der Waals surface area contributed by atoms with Crippen LogP contribution < -0.4 is 5.73 Å². The third-order valence-electron chi connectivity index (χ3n) is 1.92. The van der Waals surface area contributed by atoms with Crippen molar-refractivity contribution in [3.8, 4) is 17.4 Å². The largest absolute Gasteiger partial charge is 0.443 e. The molecule has 2 N–H and O–H groups in total. The van der Waals surface area contributed by atoms with Crippen molar-refractivity contribution in [2.24, 2.45) is 0 Å². The maximum atomic E-state index is 8.65. The molecule has 2 rings (SSSR count). The molecule has 3 heteroatoms. The minimum Gasteiger partial charge on any atom is -0.443 e. The van der Waals surface area contributed by atoms with Gasteiger partial charge < -0.3 is 10.2 Å². The number of nitriles is 1. The molecule has 0 unspecified atom stereocenters. The first-order valence-electron chi connectivity index (χ1n) is 4.16. The zero-order valence-electron chi connectivity index (χ0n) is 7.40. The normalized spacial score (nSPS) is 9.64. The first kappa shape index (κ1) is 8.39. The highest BCUT2D eigenvalue weighted by molar-refractivity contribution is 5.65. The fourth-order valence-corrected chi connectivity index (χ4v) is 1.24. The molecule has 0 saturated heterocycles. The van der Waals surface area contributed by atoms with Crippen LogP contribution in [0.1, 0.15) is 5.76 Å². The molecule has 0 radical (unpaired) electrons. The molecular weight excluding hydrogens is 176 g/mol. The molecule has 0 bridgehead atoms. The van der Waals surface area contributed by atoms with E-state index in [1.807, 2.05) is 36.4 Å². The van der Waals surface area contributed by atoms with Crippen molar-refractivity contribution < 1.29 is 4.42 Å². The van der Waals surface area contributed by atoms with Gasteiger partial charge in [0.15, 0.2) is 0 Å². The predicted octanol–water partition coefficient (Wildman–Crippen LogP) is 2.40. The Morgan fingerprint density at radius 2 is 1.93 bits per heavy atom. The second-order valence-corrected chi connectivity index (χ2v) is 2.87. The first-order valence-corrected chi connectivity index (χ1v) is 4.16. The van der Waals surface area contributed by atoms with Crippen molar-refractivity contribution in [1.29, 1.82) is 5.26 Å². The van der Waals surface area contributed by atoms with Crippen LogP contribution in [0.15, 0.2) is 40.8 Å². The van der Waals surface area contributed by atoms with E-state index in [9.17, 15) is 0 Å². The third-order valence-corrected chi connectivity index (χ3v) is 1.92. The lowest BCUT2D eigenvalue weighted by Gasteiger charge is -1.92. The summed E-state index contributed by atoms with van der Waals surface area (Å²) in [5.41, 5.74) is 6.87. The topological polar surface area (TPSA) is 63.0 Å². The van der Waals surface area contributed by atoms with E-state index in [2.05, 4.69) is 0 Å². The molecule has 0 aliphatic rings. The van der Waals surface area contributed by atoms with Gasteiger partial charge in [-0.3, -0.25) is 0 Å². The monoisotopic (exact) mass is 184 g/mol. The molecule has 0 fully saturated rings. The zero-order chi connectivity index (χ0) is 9.97. The van der Waals surface area contributed by atoms with Gasteiger partial charge in [0.1, 0.15) is 11.8 Å². The molecule has 0 atom stereocenters. The van der Waals surface area contributed by atoms with Gasteiger partial charge in [0.05, 0.1) is 5.69 Å². The highest BCUT2D eigenvalue weighted by Gasteiger charge is 2.08. The summed E-state index contributed by atoms with van der Waals surface area (Å²) in [6, 6.07) is 13.1. The van der Waals surface area contributed by atoms with Gasteiger partial charge in [-0.25, -0.2) is 0 Å². The number of anilines is 1. The molecule has 3 nitrogen and oxygen atoms in total. The molecule has 2 aromatic rings. The van der Waals surface area contributed by atoms with Gasteiger partial charge >= 0.3 is 0 Å². The number of nitrogens with two attached hydrogens (primary N) is 1. The summed E-state index contributed by atoms with van der Waals surface area (Å²) >= 11 is 0. The number of rotatable bonds is 1. The van der Waals surface area contributed by atoms with E-state index in [-0.39, 0.29) is 5.76 Å². The molecule has 0 saturated carbocycles. The van der Waals surface area contributed by atoms with E-state index in [1.165, 1.54) is 0 Å². The summed E-state index contributed by atoms with van der Waals surface area (Å²) in [6.07, 6.45) is 0. The molecule has 1 aromatic heterocycles. The maximum Gasteiger partial charge on any atom is 0.226 e. The van der Waals surface area contributed by atoms with Gasteiger partial charge in [-0.2, -0.15) is 5.26 Å². The van der Waals surface area contributed by atoms with Crippen LogP contribution in [-0.4, -0.2) is 0 Å². The average Bonchev–Trinajstić information content (AvgIpc) is 2.61. The van der Waals surface area contributed by atoms with Crippen molar-refractivity contribution in [2.75, 3.05) is 5.73 Å². The van der Waals surface area contributed by atoms with Crippen LogP contribution >= 0.6 is 0 Å². The van der Waals surface area contributed by atoms with Gasteiger partial charge in [0.2, 0.25) is 5.76 Å². The summed E-state index contributed by atoms with van der Waals surface area (Å²) in [6.45, 7) is 0. The Morgan fingerprint density at radius 3 is 2.50 bits per heavy atom. The lowest BCUT2D eigenvalue weighted by Crippen LogP contribution is -1.82. The Hall–Kier alpha value is -2.21. The van der Waals surface area contributed by atoms with Gasteiger partial charge in [-0.15, -0.1) is 0 Å². The van der Waals surface area contributed by atoms with E-state index >= 15 is 0 Å². The van der Waals surface area contributed by atoms with Crippen LogP contribution in [0.4, 0.5) is 5.69 Å². The van der Waals surface area contributed by atoms with Crippen LogP contribution in [-0.2, 0) is 0 Å². The number of furan rings is 1. The predicted molar refractivity (Wildman–Crippen MR) is 53.3 cm³/mol. The minimum absolute atomic E-state index is 0.170. The van der Waals surface area contributed by atoms with Gasteiger partial charge in [-0.1, -0.05) is 30.3 Å². The second kappa shape index (κ2) is 3.27. The summed E-state index contributed by atoms with van der Waals surface area (Å²) in [7, 11) is 0. The fourth-order valence-electron chi connectivity index (χ4n) is 1.24. The Kier molecular flexibility index (Phi) is 1.96. The van der Waals surface area contributed by atoms with Crippen LogP contribution in [0, 0.1) is 11.3 Å². The SMILES string of the molecule is N#Cc1oc(-c2ccccc2)cc1N. The molecule has 0 amide bonds. The molecular formula is C11H8N2O. The number of hydrogen-bond donors (Lipinski definition) is 1. The lowest BCUT2D eigenvalue weighted by molar-refractivity contribution is 0.568. The van der Waals surface area contributed by atoms with E-state index in [4.69, 9.17) is 15.4 Å². The Balaban J connectivity index is 2.50. The van der Waals surface area contributed by atoms with Gasteiger partial charge in [0, 0.05) is 11.6 Å². The van der Waals surface area contributed by atoms with Crippen LogP contribution in [0.2, 0.25) is 0 Å². The zero-order valence-corrected chi connectivity index (χ0v) is 7.40. The maximum absolute atomic E-state index is 8.65. The summed E-state index contributed by atoms with van der Waals surface area (Å²) in [4.78, 5) is 0.